The van der Waals surface area contributed by atoms with Crippen LogP contribution in [0.25, 0.3) is 0 Å². The monoisotopic (exact) mass is 251 g/mol. The molecule has 4 nitrogen and oxygen atoms in total. The lowest BCUT2D eigenvalue weighted by Crippen LogP contribution is -2.34. The minimum absolute atomic E-state index is 0.0598. The van der Waals surface area contributed by atoms with Gasteiger partial charge in [-0.1, -0.05) is 18.5 Å². The topological polar surface area (TPSA) is 54.5 Å². The van der Waals surface area contributed by atoms with Gasteiger partial charge in [-0.05, 0) is 18.2 Å². The Labute approximate surface area is 103 Å². The van der Waals surface area contributed by atoms with Gasteiger partial charge in [-0.3, -0.25) is 19.3 Å². The third-order valence-electron chi connectivity index (χ3n) is 2.66. The summed E-state index contributed by atoms with van der Waals surface area (Å²) in [4.78, 5) is 35.9. The number of anilines is 1. The third-order valence-corrected chi connectivity index (χ3v) is 2.90. The summed E-state index contributed by atoms with van der Waals surface area (Å²) < 4.78 is 0. The smallest absolute Gasteiger partial charge is 0.298 e. The number of ketones is 2. The van der Waals surface area contributed by atoms with Crippen LogP contribution in [0.4, 0.5) is 5.69 Å². The highest BCUT2D eigenvalue weighted by Gasteiger charge is 2.36. The fourth-order valence-corrected chi connectivity index (χ4v) is 1.89. The molecule has 1 aliphatic rings. The number of halogens is 1. The number of rotatable bonds is 3. The normalized spacial score (nSPS) is 14.1. The molecule has 5 heteroatoms. The number of carbonyl (C=O) groups is 3. The number of fused-ring (bicyclic) bond motifs is 1. The van der Waals surface area contributed by atoms with E-state index in [9.17, 15) is 14.4 Å². The molecule has 0 bridgehead atoms. The molecule has 0 aliphatic carbocycles. The van der Waals surface area contributed by atoms with Crippen molar-refractivity contribution in [3.05, 3.63) is 28.8 Å². The van der Waals surface area contributed by atoms with Crippen LogP contribution in [0, 0.1) is 0 Å². The molecule has 0 fully saturated rings. The number of hydrogen-bond donors (Lipinski definition) is 0. The SMILES string of the molecule is CCC(=O)CN1C(=O)C(=O)c2cc(Cl)ccc21. The second kappa shape index (κ2) is 4.30. The molecular formula is C12H10ClNO3. The van der Waals surface area contributed by atoms with Crippen molar-refractivity contribution < 1.29 is 14.4 Å². The number of benzene rings is 1. The minimum Gasteiger partial charge on any atom is -0.298 e. The number of carbonyl (C=O) groups excluding carboxylic acids is 3. The van der Waals surface area contributed by atoms with Gasteiger partial charge in [0.2, 0.25) is 0 Å². The van der Waals surface area contributed by atoms with Gasteiger partial charge in [0, 0.05) is 11.4 Å². The van der Waals surface area contributed by atoms with Gasteiger partial charge in [-0.25, -0.2) is 0 Å². The Kier molecular flexibility index (Phi) is 2.98. The van der Waals surface area contributed by atoms with Gasteiger partial charge in [0.15, 0.2) is 5.78 Å². The van der Waals surface area contributed by atoms with E-state index in [1.807, 2.05) is 0 Å². The first kappa shape index (κ1) is 11.8. The maximum Gasteiger partial charge on any atom is 0.299 e. The van der Waals surface area contributed by atoms with Crippen molar-refractivity contribution in [1.82, 2.24) is 0 Å². The Balaban J connectivity index is 2.41. The Morgan fingerprint density at radius 2 is 2.06 bits per heavy atom. The predicted molar refractivity (Wildman–Crippen MR) is 63.4 cm³/mol. The Hall–Kier alpha value is -1.68. The van der Waals surface area contributed by atoms with Gasteiger partial charge in [0.25, 0.3) is 11.7 Å². The van der Waals surface area contributed by atoms with E-state index in [1.165, 1.54) is 11.0 Å². The molecule has 0 spiro atoms. The van der Waals surface area contributed by atoms with Crippen LogP contribution in [0.3, 0.4) is 0 Å². The van der Waals surface area contributed by atoms with Gasteiger partial charge in [-0.2, -0.15) is 0 Å². The van der Waals surface area contributed by atoms with Gasteiger partial charge < -0.3 is 0 Å². The molecule has 1 aliphatic heterocycles. The van der Waals surface area contributed by atoms with Gasteiger partial charge in [0.1, 0.15) is 0 Å². The molecule has 17 heavy (non-hydrogen) atoms. The summed E-state index contributed by atoms with van der Waals surface area (Å²) in [6, 6.07) is 4.63. The first-order valence-corrected chi connectivity index (χ1v) is 5.60. The maximum absolute atomic E-state index is 11.7. The zero-order valence-electron chi connectivity index (χ0n) is 9.20. The van der Waals surface area contributed by atoms with Crippen LogP contribution in [-0.4, -0.2) is 24.0 Å². The Morgan fingerprint density at radius 1 is 1.35 bits per heavy atom. The van der Waals surface area contributed by atoms with Gasteiger partial charge >= 0.3 is 0 Å². The quantitative estimate of drug-likeness (QED) is 0.771. The van der Waals surface area contributed by atoms with Crippen LogP contribution in [0.2, 0.25) is 5.02 Å². The summed E-state index contributed by atoms with van der Waals surface area (Å²) in [6.45, 7) is 1.66. The summed E-state index contributed by atoms with van der Waals surface area (Å²) >= 11 is 5.77. The number of nitrogens with zero attached hydrogens (tertiary/aromatic N) is 1. The second-order valence-electron chi connectivity index (χ2n) is 3.77. The molecule has 0 atom stereocenters. The molecule has 1 heterocycles. The molecule has 1 amide bonds. The van der Waals surface area contributed by atoms with Crippen LogP contribution in [0.15, 0.2) is 18.2 Å². The number of Topliss-reactive ketones (excluding diaryl/α,β-unsaturated/α-hetero) is 2. The lowest BCUT2D eigenvalue weighted by atomic mass is 10.1. The average molecular weight is 252 g/mol. The van der Waals surface area contributed by atoms with Crippen molar-refractivity contribution in [1.29, 1.82) is 0 Å². The maximum atomic E-state index is 11.7. The molecule has 0 unspecified atom stereocenters. The van der Waals surface area contributed by atoms with E-state index >= 15 is 0 Å². The first-order chi connectivity index (χ1) is 8.04. The minimum atomic E-state index is -0.663. The molecule has 0 N–H and O–H groups in total. The zero-order chi connectivity index (χ0) is 12.6. The summed E-state index contributed by atoms with van der Waals surface area (Å²) in [5.74, 6) is -1.36. The lowest BCUT2D eigenvalue weighted by molar-refractivity contribution is -0.120. The van der Waals surface area contributed by atoms with Crippen molar-refractivity contribution in [3.8, 4) is 0 Å². The Morgan fingerprint density at radius 3 is 2.71 bits per heavy atom. The molecule has 88 valence electrons. The fraction of sp³-hybridized carbons (Fsp3) is 0.250. The van der Waals surface area contributed by atoms with E-state index < -0.39 is 11.7 Å². The summed E-state index contributed by atoms with van der Waals surface area (Å²) in [6.07, 6.45) is 0.334. The predicted octanol–water partition coefficient (Wildman–Crippen LogP) is 1.85. The largest absolute Gasteiger partial charge is 0.299 e. The first-order valence-electron chi connectivity index (χ1n) is 5.22. The molecule has 1 aromatic rings. The van der Waals surface area contributed by atoms with E-state index in [0.717, 1.165) is 0 Å². The highest BCUT2D eigenvalue weighted by atomic mass is 35.5. The van der Waals surface area contributed by atoms with Crippen LogP contribution in [-0.2, 0) is 9.59 Å². The van der Waals surface area contributed by atoms with Gasteiger partial charge in [-0.15, -0.1) is 0 Å². The van der Waals surface area contributed by atoms with Crippen LogP contribution in [0.1, 0.15) is 23.7 Å². The number of hydrogen-bond acceptors (Lipinski definition) is 3. The molecule has 0 saturated heterocycles. The van der Waals surface area contributed by atoms with Crippen LogP contribution >= 0.6 is 11.6 Å². The second-order valence-corrected chi connectivity index (χ2v) is 4.21. The highest BCUT2D eigenvalue weighted by molar-refractivity contribution is 6.53. The third kappa shape index (κ3) is 1.96. The average Bonchev–Trinajstić information content (AvgIpc) is 2.54. The molecule has 0 aromatic heterocycles. The van der Waals surface area contributed by atoms with E-state index in [1.54, 1.807) is 19.1 Å². The lowest BCUT2D eigenvalue weighted by Gasteiger charge is -2.14. The fourth-order valence-electron chi connectivity index (χ4n) is 1.72. The molecule has 1 aromatic carbocycles. The van der Waals surface area contributed by atoms with Crippen molar-refractivity contribution in [2.24, 2.45) is 0 Å². The summed E-state index contributed by atoms with van der Waals surface area (Å²) in [5, 5.41) is 0.397. The molecular weight excluding hydrogens is 242 g/mol. The van der Waals surface area contributed by atoms with E-state index in [-0.39, 0.29) is 17.9 Å². The van der Waals surface area contributed by atoms with Crippen LogP contribution in [0.5, 0.6) is 0 Å². The number of amides is 1. The van der Waals surface area contributed by atoms with E-state index in [4.69, 9.17) is 11.6 Å². The zero-order valence-corrected chi connectivity index (χ0v) is 9.95. The van der Waals surface area contributed by atoms with E-state index in [2.05, 4.69) is 0 Å². The highest BCUT2D eigenvalue weighted by Crippen LogP contribution is 2.30. The van der Waals surface area contributed by atoms with Crippen molar-refractivity contribution in [3.63, 3.8) is 0 Å². The van der Waals surface area contributed by atoms with Crippen molar-refractivity contribution in [2.45, 2.75) is 13.3 Å². The summed E-state index contributed by atoms with van der Waals surface area (Å²) in [5.41, 5.74) is 0.734. The van der Waals surface area contributed by atoms with Crippen LogP contribution < -0.4 is 4.90 Å². The van der Waals surface area contributed by atoms with Gasteiger partial charge in [0.05, 0.1) is 17.8 Å². The summed E-state index contributed by atoms with van der Waals surface area (Å²) in [7, 11) is 0. The molecule has 0 radical (unpaired) electrons. The molecule has 0 saturated carbocycles. The Bertz CT molecular complexity index is 524. The van der Waals surface area contributed by atoms with Crippen molar-refractivity contribution >= 4 is 34.8 Å². The van der Waals surface area contributed by atoms with Crippen molar-refractivity contribution in [2.75, 3.05) is 11.4 Å². The van der Waals surface area contributed by atoms with E-state index in [0.29, 0.717) is 17.1 Å². The molecule has 2 rings (SSSR count). The standard InChI is InChI=1S/C12H10ClNO3/c1-2-8(15)6-14-10-4-3-7(13)5-9(10)11(16)12(14)17/h3-5H,2,6H2,1H3.